The van der Waals surface area contributed by atoms with Gasteiger partial charge in [-0.05, 0) is 12.1 Å². The molecule has 84 valence electrons. The average molecular weight is 259 g/mol. The number of rotatable bonds is 2. The summed E-state index contributed by atoms with van der Waals surface area (Å²) in [6.45, 7) is 0. The maximum atomic E-state index is 11.0. The minimum Gasteiger partial charge on any atom is -0.494 e. The Bertz CT molecular complexity index is 574. The van der Waals surface area contributed by atoms with E-state index in [2.05, 4.69) is 9.97 Å². The van der Waals surface area contributed by atoms with Crippen LogP contribution in [0.15, 0.2) is 23.1 Å². The summed E-state index contributed by atoms with van der Waals surface area (Å²) in [5.41, 5.74) is 0.915. The SMILES string of the molecule is COc1c(Cl)cc(Cl)cc1-c1c[nH]c(=O)[nH]1. The van der Waals surface area contributed by atoms with Gasteiger partial charge in [0, 0.05) is 16.8 Å². The number of imidazole rings is 1. The molecule has 4 nitrogen and oxygen atoms in total. The number of benzene rings is 1. The molecule has 2 rings (SSSR count). The third kappa shape index (κ3) is 1.94. The first-order valence-electron chi connectivity index (χ1n) is 4.43. The Morgan fingerprint density at radius 2 is 2.06 bits per heavy atom. The van der Waals surface area contributed by atoms with Crippen molar-refractivity contribution in [3.8, 4) is 17.0 Å². The highest BCUT2D eigenvalue weighted by Gasteiger charge is 2.12. The molecule has 2 aromatic rings. The number of hydrogen-bond donors (Lipinski definition) is 2. The Morgan fingerprint density at radius 1 is 1.31 bits per heavy atom. The second-order valence-electron chi connectivity index (χ2n) is 3.12. The fourth-order valence-corrected chi connectivity index (χ4v) is 2.02. The zero-order valence-corrected chi connectivity index (χ0v) is 9.82. The second-order valence-corrected chi connectivity index (χ2v) is 3.97. The average Bonchev–Trinajstić information content (AvgIpc) is 2.63. The van der Waals surface area contributed by atoms with Gasteiger partial charge in [-0.25, -0.2) is 4.79 Å². The van der Waals surface area contributed by atoms with Gasteiger partial charge in [-0.2, -0.15) is 0 Å². The number of aromatic amines is 2. The number of halogens is 2. The first kappa shape index (κ1) is 11.1. The first-order valence-corrected chi connectivity index (χ1v) is 5.18. The molecule has 0 atom stereocenters. The highest BCUT2D eigenvalue weighted by molar-refractivity contribution is 6.36. The van der Waals surface area contributed by atoms with Crippen LogP contribution in [0, 0.1) is 0 Å². The predicted molar refractivity (Wildman–Crippen MR) is 63.4 cm³/mol. The molecule has 0 bridgehead atoms. The molecule has 0 aliphatic heterocycles. The third-order valence-corrected chi connectivity index (χ3v) is 2.60. The summed E-state index contributed by atoms with van der Waals surface area (Å²) in [7, 11) is 1.50. The molecule has 0 aliphatic rings. The molecule has 16 heavy (non-hydrogen) atoms. The van der Waals surface area contributed by atoms with Gasteiger partial charge >= 0.3 is 5.69 Å². The van der Waals surface area contributed by atoms with Crippen molar-refractivity contribution >= 4 is 23.2 Å². The largest absolute Gasteiger partial charge is 0.494 e. The summed E-state index contributed by atoms with van der Waals surface area (Å²) >= 11 is 11.9. The van der Waals surface area contributed by atoms with Crippen molar-refractivity contribution in [1.29, 1.82) is 0 Å². The summed E-state index contributed by atoms with van der Waals surface area (Å²) in [6, 6.07) is 3.25. The topological polar surface area (TPSA) is 57.9 Å². The smallest absolute Gasteiger partial charge is 0.323 e. The summed E-state index contributed by atoms with van der Waals surface area (Å²) in [5.74, 6) is 0.473. The lowest BCUT2D eigenvalue weighted by molar-refractivity contribution is 0.416. The fourth-order valence-electron chi connectivity index (χ4n) is 1.45. The number of ether oxygens (including phenoxy) is 1. The predicted octanol–water partition coefficient (Wildman–Crippen LogP) is 2.69. The van der Waals surface area contributed by atoms with E-state index in [0.29, 0.717) is 27.1 Å². The second kappa shape index (κ2) is 4.23. The van der Waals surface area contributed by atoms with E-state index in [1.807, 2.05) is 0 Å². The van der Waals surface area contributed by atoms with Gasteiger partial charge in [-0.3, -0.25) is 0 Å². The molecule has 1 aromatic carbocycles. The van der Waals surface area contributed by atoms with E-state index in [1.165, 1.54) is 13.3 Å². The van der Waals surface area contributed by atoms with Crippen molar-refractivity contribution in [2.24, 2.45) is 0 Å². The van der Waals surface area contributed by atoms with Crippen molar-refractivity contribution < 1.29 is 4.74 Å². The Labute approximate surface area is 101 Å². The number of methoxy groups -OCH3 is 1. The van der Waals surface area contributed by atoms with Crippen LogP contribution in [0.25, 0.3) is 11.3 Å². The molecule has 0 radical (unpaired) electrons. The zero-order valence-electron chi connectivity index (χ0n) is 8.30. The maximum absolute atomic E-state index is 11.0. The lowest BCUT2D eigenvalue weighted by Crippen LogP contribution is -2.00. The van der Waals surface area contributed by atoms with E-state index >= 15 is 0 Å². The summed E-state index contributed by atoms with van der Waals surface area (Å²) in [5, 5.41) is 0.870. The van der Waals surface area contributed by atoms with Crippen LogP contribution in [0.2, 0.25) is 10.0 Å². The zero-order chi connectivity index (χ0) is 11.7. The van der Waals surface area contributed by atoms with Gasteiger partial charge in [0.15, 0.2) is 0 Å². The fraction of sp³-hybridized carbons (Fsp3) is 0.100. The van der Waals surface area contributed by atoms with Crippen LogP contribution in [-0.2, 0) is 0 Å². The molecule has 0 spiro atoms. The molecular formula is C10H8Cl2N2O2. The van der Waals surface area contributed by atoms with E-state index in [9.17, 15) is 4.79 Å². The van der Waals surface area contributed by atoms with Gasteiger partial charge in [-0.1, -0.05) is 23.2 Å². The van der Waals surface area contributed by atoms with E-state index in [1.54, 1.807) is 12.1 Å². The van der Waals surface area contributed by atoms with E-state index < -0.39 is 0 Å². The molecule has 0 unspecified atom stereocenters. The molecule has 0 amide bonds. The highest BCUT2D eigenvalue weighted by Crippen LogP contribution is 2.37. The third-order valence-electron chi connectivity index (χ3n) is 2.10. The lowest BCUT2D eigenvalue weighted by atomic mass is 10.1. The van der Waals surface area contributed by atoms with Crippen LogP contribution in [0.4, 0.5) is 0 Å². The minimum absolute atomic E-state index is 0.298. The van der Waals surface area contributed by atoms with Gasteiger partial charge < -0.3 is 14.7 Å². The van der Waals surface area contributed by atoms with Crippen molar-refractivity contribution in [1.82, 2.24) is 9.97 Å². The summed E-state index contributed by atoms with van der Waals surface area (Å²) in [6.07, 6.45) is 1.53. The normalized spacial score (nSPS) is 10.4. The Kier molecular flexibility index (Phi) is 2.94. The van der Waals surface area contributed by atoms with E-state index in [-0.39, 0.29) is 5.69 Å². The molecule has 1 aromatic heterocycles. The van der Waals surface area contributed by atoms with E-state index in [0.717, 1.165) is 0 Å². The number of H-pyrrole nitrogens is 2. The van der Waals surface area contributed by atoms with Crippen molar-refractivity contribution in [2.45, 2.75) is 0 Å². The molecule has 0 aliphatic carbocycles. The Hall–Kier alpha value is -1.39. The van der Waals surface area contributed by atoms with E-state index in [4.69, 9.17) is 27.9 Å². The van der Waals surface area contributed by atoms with Crippen molar-refractivity contribution in [3.05, 3.63) is 38.9 Å². The monoisotopic (exact) mass is 258 g/mol. The molecule has 6 heteroatoms. The minimum atomic E-state index is -0.298. The van der Waals surface area contributed by atoms with Gasteiger partial charge in [0.25, 0.3) is 0 Å². The van der Waals surface area contributed by atoms with Gasteiger partial charge in [0.05, 0.1) is 17.8 Å². The van der Waals surface area contributed by atoms with Crippen LogP contribution < -0.4 is 10.4 Å². The summed E-state index contributed by atoms with van der Waals surface area (Å²) in [4.78, 5) is 16.1. The summed E-state index contributed by atoms with van der Waals surface area (Å²) < 4.78 is 5.17. The molecule has 2 N–H and O–H groups in total. The van der Waals surface area contributed by atoms with Crippen LogP contribution in [0.3, 0.4) is 0 Å². The van der Waals surface area contributed by atoms with Crippen LogP contribution in [0.1, 0.15) is 0 Å². The highest BCUT2D eigenvalue weighted by atomic mass is 35.5. The molecule has 0 fully saturated rings. The van der Waals surface area contributed by atoms with Gasteiger partial charge in [-0.15, -0.1) is 0 Å². The van der Waals surface area contributed by atoms with Gasteiger partial charge in [0.2, 0.25) is 0 Å². The van der Waals surface area contributed by atoms with Crippen molar-refractivity contribution in [2.75, 3.05) is 7.11 Å². The molecular weight excluding hydrogens is 251 g/mol. The quantitative estimate of drug-likeness (QED) is 0.871. The first-order chi connectivity index (χ1) is 7.61. The Morgan fingerprint density at radius 3 is 2.62 bits per heavy atom. The molecule has 0 saturated carbocycles. The number of hydrogen-bond acceptors (Lipinski definition) is 2. The van der Waals surface area contributed by atoms with Crippen LogP contribution >= 0.6 is 23.2 Å². The number of nitrogens with one attached hydrogen (secondary N) is 2. The molecule has 0 saturated heterocycles. The molecule has 1 heterocycles. The van der Waals surface area contributed by atoms with Crippen LogP contribution in [-0.4, -0.2) is 17.1 Å². The van der Waals surface area contributed by atoms with Crippen molar-refractivity contribution in [3.63, 3.8) is 0 Å². The van der Waals surface area contributed by atoms with Crippen LogP contribution in [0.5, 0.6) is 5.75 Å². The lowest BCUT2D eigenvalue weighted by Gasteiger charge is -2.09. The standard InChI is InChI=1S/C10H8Cl2N2O2/c1-16-9-6(2-5(11)3-7(9)12)8-4-13-10(15)14-8/h2-4H,1H3,(H2,13,14,15). The number of aromatic nitrogens is 2. The van der Waals surface area contributed by atoms with Gasteiger partial charge in [0.1, 0.15) is 5.75 Å². The maximum Gasteiger partial charge on any atom is 0.323 e. The Balaban J connectivity index is 2.67.